The number of aryl methyl sites for hydroxylation is 1. The van der Waals surface area contributed by atoms with Gasteiger partial charge < -0.3 is 9.30 Å². The summed E-state index contributed by atoms with van der Waals surface area (Å²) in [4.78, 5) is 31.0. The fraction of sp³-hybridized carbons (Fsp3) is 0.217. The summed E-state index contributed by atoms with van der Waals surface area (Å²) < 4.78 is 8.81. The van der Waals surface area contributed by atoms with Crippen LogP contribution in [0.15, 0.2) is 69.3 Å². The van der Waals surface area contributed by atoms with Crippen molar-refractivity contribution in [2.75, 3.05) is 5.43 Å². The lowest BCUT2D eigenvalue weighted by atomic mass is 10.2. The van der Waals surface area contributed by atoms with Crippen LogP contribution in [0.2, 0.25) is 0 Å². The van der Waals surface area contributed by atoms with Crippen molar-refractivity contribution in [2.45, 2.75) is 26.5 Å². The Labute approximate surface area is 184 Å². The van der Waals surface area contributed by atoms with Crippen molar-refractivity contribution in [1.29, 1.82) is 0 Å². The monoisotopic (exact) mass is 432 g/mol. The third-order valence-electron chi connectivity index (χ3n) is 4.97. The first-order chi connectivity index (χ1) is 15.4. The van der Waals surface area contributed by atoms with Crippen LogP contribution in [0, 0.1) is 0 Å². The number of anilines is 1. The summed E-state index contributed by atoms with van der Waals surface area (Å²) in [6.45, 7) is 4.35. The second-order valence-electron chi connectivity index (χ2n) is 7.60. The van der Waals surface area contributed by atoms with E-state index >= 15 is 0 Å². The van der Waals surface area contributed by atoms with Crippen molar-refractivity contribution in [1.82, 2.24) is 19.1 Å². The van der Waals surface area contributed by atoms with Gasteiger partial charge in [-0.3, -0.25) is 14.3 Å². The molecule has 0 aliphatic carbocycles. The Balaban J connectivity index is 1.50. The Morgan fingerprint density at radius 3 is 2.53 bits per heavy atom. The quantitative estimate of drug-likeness (QED) is 0.345. The van der Waals surface area contributed by atoms with Crippen LogP contribution in [-0.4, -0.2) is 25.3 Å². The fourth-order valence-corrected chi connectivity index (χ4v) is 3.34. The summed E-state index contributed by atoms with van der Waals surface area (Å²) in [6, 6.07) is 17.4. The van der Waals surface area contributed by atoms with Crippen LogP contribution in [-0.2, 0) is 13.7 Å². The molecule has 32 heavy (non-hydrogen) atoms. The molecule has 2 aromatic heterocycles. The van der Waals surface area contributed by atoms with Crippen LogP contribution in [0.25, 0.3) is 11.2 Å². The van der Waals surface area contributed by atoms with Crippen LogP contribution in [0.4, 0.5) is 5.95 Å². The molecule has 0 fully saturated rings. The lowest BCUT2D eigenvalue weighted by molar-refractivity contribution is 0.306. The molecule has 2 heterocycles. The maximum atomic E-state index is 12.4. The molecular formula is C23H24N6O3. The van der Waals surface area contributed by atoms with Crippen molar-refractivity contribution in [3.05, 3.63) is 86.6 Å². The molecule has 0 saturated carbocycles. The minimum atomic E-state index is -0.513. The number of H-pyrrole nitrogens is 1. The third kappa shape index (κ3) is 4.31. The second-order valence-corrected chi connectivity index (χ2v) is 7.60. The number of hydrogen-bond donors (Lipinski definition) is 2. The highest BCUT2D eigenvalue weighted by molar-refractivity contribution is 5.80. The third-order valence-corrected chi connectivity index (χ3v) is 4.97. The summed E-state index contributed by atoms with van der Waals surface area (Å²) in [5, 5.41) is 4.26. The molecule has 2 N–H and O–H groups in total. The molecule has 4 rings (SSSR count). The van der Waals surface area contributed by atoms with Crippen molar-refractivity contribution in [3.63, 3.8) is 0 Å². The molecule has 9 heteroatoms. The Kier molecular flexibility index (Phi) is 5.89. The van der Waals surface area contributed by atoms with Gasteiger partial charge in [0.1, 0.15) is 12.4 Å². The van der Waals surface area contributed by atoms with E-state index in [0.29, 0.717) is 23.7 Å². The largest absolute Gasteiger partial charge is 0.489 e. The van der Waals surface area contributed by atoms with Crippen molar-refractivity contribution >= 4 is 23.3 Å². The Hall–Kier alpha value is -4.14. The van der Waals surface area contributed by atoms with Crippen molar-refractivity contribution in [2.24, 2.45) is 12.1 Å². The number of fused-ring (bicyclic) bond motifs is 1. The molecule has 2 aromatic carbocycles. The number of hydrogen-bond acceptors (Lipinski definition) is 6. The van der Waals surface area contributed by atoms with Gasteiger partial charge in [-0.15, -0.1) is 0 Å². The molecule has 0 aliphatic rings. The number of nitrogens with one attached hydrogen (secondary N) is 2. The average Bonchev–Trinajstić information content (AvgIpc) is 3.18. The lowest BCUT2D eigenvalue weighted by Gasteiger charge is -2.11. The molecule has 164 valence electrons. The molecule has 4 aromatic rings. The van der Waals surface area contributed by atoms with E-state index in [-0.39, 0.29) is 6.04 Å². The first kappa shape index (κ1) is 21.1. The van der Waals surface area contributed by atoms with Crippen LogP contribution < -0.4 is 21.4 Å². The van der Waals surface area contributed by atoms with E-state index in [9.17, 15) is 9.59 Å². The van der Waals surface area contributed by atoms with Gasteiger partial charge in [0.25, 0.3) is 5.56 Å². The standard InChI is InChI=1S/C23H24N6O3/c1-15(2)29-19-20(28(3)23(31)26-21(19)30)25-22(29)27-24-13-16-9-11-18(12-10-16)32-14-17-7-5-4-6-8-17/h4-13,15H,14H2,1-3H3,(H,25,27)(H,26,30,31)/b24-13-. The van der Waals surface area contributed by atoms with Crippen molar-refractivity contribution < 1.29 is 4.74 Å². The normalized spacial score (nSPS) is 11.5. The first-order valence-corrected chi connectivity index (χ1v) is 10.2. The number of benzene rings is 2. The zero-order chi connectivity index (χ0) is 22.7. The highest BCUT2D eigenvalue weighted by Gasteiger charge is 2.18. The van der Waals surface area contributed by atoms with Crippen LogP contribution in [0.5, 0.6) is 5.75 Å². The van der Waals surface area contributed by atoms with Gasteiger partial charge in [-0.25, -0.2) is 10.2 Å². The summed E-state index contributed by atoms with van der Waals surface area (Å²) in [5.74, 6) is 1.14. The maximum Gasteiger partial charge on any atom is 0.329 e. The van der Waals surface area contributed by atoms with Gasteiger partial charge in [-0.2, -0.15) is 10.1 Å². The summed E-state index contributed by atoms with van der Waals surface area (Å²) in [7, 11) is 1.56. The van der Waals surface area contributed by atoms with Gasteiger partial charge in [-0.1, -0.05) is 30.3 Å². The van der Waals surface area contributed by atoms with Gasteiger partial charge in [0, 0.05) is 13.1 Å². The van der Waals surface area contributed by atoms with E-state index in [4.69, 9.17) is 4.74 Å². The molecule has 0 unspecified atom stereocenters. The Morgan fingerprint density at radius 1 is 1.12 bits per heavy atom. The molecule has 0 atom stereocenters. The molecule has 0 aliphatic heterocycles. The van der Waals surface area contributed by atoms with E-state index in [2.05, 4.69) is 20.5 Å². The smallest absolute Gasteiger partial charge is 0.329 e. The van der Waals surface area contributed by atoms with E-state index in [1.807, 2.05) is 68.4 Å². The lowest BCUT2D eigenvalue weighted by Crippen LogP contribution is -2.29. The molecule has 0 spiro atoms. The number of ether oxygens (including phenoxy) is 1. The summed E-state index contributed by atoms with van der Waals surface area (Å²) in [5.41, 5.74) is 4.48. The number of rotatable bonds is 7. The highest BCUT2D eigenvalue weighted by Crippen LogP contribution is 2.21. The summed E-state index contributed by atoms with van der Waals surface area (Å²) >= 11 is 0. The van der Waals surface area contributed by atoms with Gasteiger partial charge in [0.05, 0.1) is 6.21 Å². The van der Waals surface area contributed by atoms with E-state index in [0.717, 1.165) is 16.9 Å². The molecule has 0 radical (unpaired) electrons. The zero-order valence-electron chi connectivity index (χ0n) is 18.1. The predicted molar refractivity (Wildman–Crippen MR) is 124 cm³/mol. The second kappa shape index (κ2) is 8.93. The van der Waals surface area contributed by atoms with Gasteiger partial charge in [0.2, 0.25) is 5.95 Å². The number of aromatic nitrogens is 4. The van der Waals surface area contributed by atoms with Gasteiger partial charge in [0.15, 0.2) is 11.2 Å². The number of aromatic amines is 1. The number of nitrogens with zero attached hydrogens (tertiary/aromatic N) is 4. The van der Waals surface area contributed by atoms with E-state index in [1.54, 1.807) is 17.8 Å². The topological polar surface area (TPSA) is 106 Å². The fourth-order valence-electron chi connectivity index (χ4n) is 3.34. The molecular weight excluding hydrogens is 408 g/mol. The minimum absolute atomic E-state index is 0.0719. The van der Waals surface area contributed by atoms with Crippen molar-refractivity contribution in [3.8, 4) is 5.75 Å². The Bertz CT molecular complexity index is 1370. The predicted octanol–water partition coefficient (Wildman–Crippen LogP) is 3.03. The maximum absolute atomic E-state index is 12.4. The number of hydrazone groups is 1. The van der Waals surface area contributed by atoms with Gasteiger partial charge >= 0.3 is 5.69 Å². The van der Waals surface area contributed by atoms with Gasteiger partial charge in [-0.05, 0) is 49.2 Å². The molecule has 0 bridgehead atoms. The molecule has 9 nitrogen and oxygen atoms in total. The van der Waals surface area contributed by atoms with E-state index in [1.165, 1.54) is 4.57 Å². The minimum Gasteiger partial charge on any atom is -0.489 e. The SMILES string of the molecule is CC(C)n1c(N/N=C\c2ccc(OCc3ccccc3)cc2)nc2c1c(=O)[nH]c(=O)n2C. The average molecular weight is 432 g/mol. The van der Waals surface area contributed by atoms with Crippen LogP contribution >= 0.6 is 0 Å². The molecule has 0 amide bonds. The van der Waals surface area contributed by atoms with Crippen LogP contribution in [0.3, 0.4) is 0 Å². The highest BCUT2D eigenvalue weighted by atomic mass is 16.5. The first-order valence-electron chi connectivity index (χ1n) is 10.2. The summed E-state index contributed by atoms with van der Waals surface area (Å²) in [6.07, 6.45) is 1.65. The molecule has 0 saturated heterocycles. The number of imidazole rings is 1. The van der Waals surface area contributed by atoms with E-state index < -0.39 is 11.2 Å². The van der Waals surface area contributed by atoms with Crippen LogP contribution in [0.1, 0.15) is 31.0 Å². The Morgan fingerprint density at radius 2 is 1.84 bits per heavy atom. The zero-order valence-corrected chi connectivity index (χ0v) is 18.1.